The van der Waals surface area contributed by atoms with Gasteiger partial charge in [-0.15, -0.1) is 0 Å². The minimum absolute atomic E-state index is 0.146. The fraction of sp³-hybridized carbons (Fsp3) is 0.875. The predicted octanol–water partition coefficient (Wildman–Crippen LogP) is 4.41. The summed E-state index contributed by atoms with van der Waals surface area (Å²) in [6, 6.07) is 0. The van der Waals surface area contributed by atoms with Crippen molar-refractivity contribution < 1.29 is 9.59 Å². The SMILES string of the molecule is CCCC(CC)C(=O)C(C)(C)CC(C)(C)C(C)=O. The van der Waals surface area contributed by atoms with E-state index in [9.17, 15) is 9.59 Å². The lowest BCUT2D eigenvalue weighted by molar-refractivity contribution is -0.135. The van der Waals surface area contributed by atoms with Crippen LogP contribution in [0.25, 0.3) is 0 Å². The Morgan fingerprint density at radius 2 is 1.50 bits per heavy atom. The van der Waals surface area contributed by atoms with Gasteiger partial charge in [-0.05, 0) is 26.2 Å². The van der Waals surface area contributed by atoms with Crippen molar-refractivity contribution in [3.05, 3.63) is 0 Å². The zero-order valence-electron chi connectivity index (χ0n) is 13.2. The highest BCUT2D eigenvalue weighted by Crippen LogP contribution is 2.38. The maximum Gasteiger partial charge on any atom is 0.141 e. The summed E-state index contributed by atoms with van der Waals surface area (Å²) >= 11 is 0. The second kappa shape index (κ2) is 6.49. The third-order valence-electron chi connectivity index (χ3n) is 4.00. The Bertz CT molecular complexity index is 300. The molecule has 0 aliphatic heterocycles. The number of Topliss-reactive ketones (excluding diaryl/α,β-unsaturated/α-hetero) is 2. The van der Waals surface area contributed by atoms with Crippen LogP contribution in [0.1, 0.15) is 74.1 Å². The van der Waals surface area contributed by atoms with Crippen LogP contribution in [0.5, 0.6) is 0 Å². The number of hydrogen-bond donors (Lipinski definition) is 0. The summed E-state index contributed by atoms with van der Waals surface area (Å²) in [5, 5.41) is 0. The molecule has 0 amide bonds. The van der Waals surface area contributed by atoms with E-state index in [1.165, 1.54) is 0 Å². The van der Waals surface area contributed by atoms with Crippen LogP contribution in [0.2, 0.25) is 0 Å². The molecule has 0 heterocycles. The topological polar surface area (TPSA) is 34.1 Å². The largest absolute Gasteiger partial charge is 0.299 e. The number of rotatable bonds is 8. The van der Waals surface area contributed by atoms with Crippen molar-refractivity contribution in [2.45, 2.75) is 74.1 Å². The molecule has 0 aromatic carbocycles. The number of carbonyl (C=O) groups excluding carboxylic acids is 2. The third kappa shape index (κ3) is 4.55. The molecule has 0 aliphatic rings. The smallest absolute Gasteiger partial charge is 0.141 e. The number of ketones is 2. The molecule has 0 aliphatic carbocycles. The van der Waals surface area contributed by atoms with Crippen LogP contribution in [0, 0.1) is 16.7 Å². The molecule has 0 spiro atoms. The maximum absolute atomic E-state index is 12.6. The van der Waals surface area contributed by atoms with Gasteiger partial charge in [0, 0.05) is 16.7 Å². The predicted molar refractivity (Wildman–Crippen MR) is 76.6 cm³/mol. The molecule has 0 fully saturated rings. The van der Waals surface area contributed by atoms with E-state index in [-0.39, 0.29) is 11.7 Å². The van der Waals surface area contributed by atoms with Gasteiger partial charge in [0.1, 0.15) is 11.6 Å². The summed E-state index contributed by atoms with van der Waals surface area (Å²) in [5.41, 5.74) is -0.825. The maximum atomic E-state index is 12.6. The molecule has 106 valence electrons. The Balaban J connectivity index is 4.91. The Labute approximate surface area is 113 Å². The Kier molecular flexibility index (Phi) is 6.25. The molecule has 2 heteroatoms. The number of hydrogen-bond acceptors (Lipinski definition) is 2. The highest BCUT2D eigenvalue weighted by Gasteiger charge is 2.39. The van der Waals surface area contributed by atoms with Crippen LogP contribution in [-0.2, 0) is 9.59 Å². The van der Waals surface area contributed by atoms with Crippen molar-refractivity contribution >= 4 is 11.6 Å². The first-order valence-corrected chi connectivity index (χ1v) is 7.13. The van der Waals surface area contributed by atoms with E-state index in [1.807, 2.05) is 27.7 Å². The molecule has 1 atom stereocenters. The van der Waals surface area contributed by atoms with Gasteiger partial charge in [0.25, 0.3) is 0 Å². The van der Waals surface area contributed by atoms with E-state index in [0.717, 1.165) is 19.3 Å². The van der Waals surface area contributed by atoms with E-state index < -0.39 is 10.8 Å². The van der Waals surface area contributed by atoms with Gasteiger partial charge in [0.15, 0.2) is 0 Å². The van der Waals surface area contributed by atoms with Gasteiger partial charge in [-0.25, -0.2) is 0 Å². The van der Waals surface area contributed by atoms with Gasteiger partial charge in [-0.3, -0.25) is 9.59 Å². The minimum Gasteiger partial charge on any atom is -0.299 e. The molecule has 1 unspecified atom stereocenters. The molecule has 0 aromatic heterocycles. The third-order valence-corrected chi connectivity index (χ3v) is 4.00. The first-order valence-electron chi connectivity index (χ1n) is 7.13. The second-order valence-electron chi connectivity index (χ2n) is 6.76. The van der Waals surface area contributed by atoms with Crippen molar-refractivity contribution in [1.82, 2.24) is 0 Å². The average molecular weight is 254 g/mol. The van der Waals surface area contributed by atoms with Crippen LogP contribution < -0.4 is 0 Å². The standard InChI is InChI=1S/C16H30O2/c1-8-10-13(9-2)14(18)16(6,7)11-15(4,5)12(3)17/h13H,8-11H2,1-7H3. The van der Waals surface area contributed by atoms with E-state index in [4.69, 9.17) is 0 Å². The van der Waals surface area contributed by atoms with Crippen molar-refractivity contribution in [3.8, 4) is 0 Å². The Morgan fingerprint density at radius 1 is 1.00 bits per heavy atom. The molecule has 0 bridgehead atoms. The number of carbonyl (C=O) groups is 2. The first kappa shape index (κ1) is 17.3. The lowest BCUT2D eigenvalue weighted by Crippen LogP contribution is -2.37. The molecule has 0 radical (unpaired) electrons. The summed E-state index contributed by atoms with van der Waals surface area (Å²) in [6.07, 6.45) is 3.53. The van der Waals surface area contributed by atoms with Gasteiger partial charge >= 0.3 is 0 Å². The molecule has 0 aromatic rings. The molecule has 2 nitrogen and oxygen atoms in total. The van der Waals surface area contributed by atoms with Gasteiger partial charge in [-0.1, -0.05) is 48.0 Å². The van der Waals surface area contributed by atoms with Crippen LogP contribution in [-0.4, -0.2) is 11.6 Å². The molecule has 0 saturated carbocycles. The first-order chi connectivity index (χ1) is 8.08. The van der Waals surface area contributed by atoms with Crippen LogP contribution in [0.3, 0.4) is 0 Å². The highest BCUT2D eigenvalue weighted by molar-refractivity contribution is 5.88. The van der Waals surface area contributed by atoms with E-state index in [2.05, 4.69) is 13.8 Å². The zero-order chi connectivity index (χ0) is 14.6. The van der Waals surface area contributed by atoms with E-state index in [1.54, 1.807) is 6.92 Å². The molecular weight excluding hydrogens is 224 g/mol. The van der Waals surface area contributed by atoms with Crippen molar-refractivity contribution in [1.29, 1.82) is 0 Å². The fourth-order valence-corrected chi connectivity index (χ4v) is 2.74. The molecule has 0 N–H and O–H groups in total. The van der Waals surface area contributed by atoms with Gasteiger partial charge in [0.2, 0.25) is 0 Å². The Morgan fingerprint density at radius 3 is 1.83 bits per heavy atom. The van der Waals surface area contributed by atoms with E-state index >= 15 is 0 Å². The zero-order valence-corrected chi connectivity index (χ0v) is 13.2. The van der Waals surface area contributed by atoms with Crippen molar-refractivity contribution in [2.24, 2.45) is 16.7 Å². The minimum atomic E-state index is -0.413. The lowest BCUT2D eigenvalue weighted by atomic mass is 9.68. The van der Waals surface area contributed by atoms with Gasteiger partial charge in [0.05, 0.1) is 0 Å². The van der Waals surface area contributed by atoms with E-state index in [0.29, 0.717) is 12.2 Å². The molecule has 0 rings (SSSR count). The lowest BCUT2D eigenvalue weighted by Gasteiger charge is -2.34. The summed E-state index contributed by atoms with van der Waals surface area (Å²) in [4.78, 5) is 24.2. The van der Waals surface area contributed by atoms with Crippen LogP contribution >= 0.6 is 0 Å². The summed E-state index contributed by atoms with van der Waals surface area (Å²) in [5.74, 6) is 0.626. The van der Waals surface area contributed by atoms with Crippen LogP contribution in [0.4, 0.5) is 0 Å². The average Bonchev–Trinajstić information content (AvgIpc) is 2.23. The molecule has 0 saturated heterocycles. The van der Waals surface area contributed by atoms with Crippen LogP contribution in [0.15, 0.2) is 0 Å². The quantitative estimate of drug-likeness (QED) is 0.643. The van der Waals surface area contributed by atoms with Gasteiger partial charge in [-0.2, -0.15) is 0 Å². The van der Waals surface area contributed by atoms with Crippen molar-refractivity contribution in [2.75, 3.05) is 0 Å². The van der Waals surface area contributed by atoms with Gasteiger partial charge < -0.3 is 0 Å². The Hall–Kier alpha value is -0.660. The normalized spacial score (nSPS) is 14.4. The summed E-state index contributed by atoms with van der Waals surface area (Å²) in [6.45, 7) is 13.6. The fourth-order valence-electron chi connectivity index (χ4n) is 2.74. The summed E-state index contributed by atoms with van der Waals surface area (Å²) < 4.78 is 0. The highest BCUT2D eigenvalue weighted by atomic mass is 16.1. The second-order valence-corrected chi connectivity index (χ2v) is 6.76. The molecular formula is C16H30O2. The summed E-state index contributed by atoms with van der Waals surface area (Å²) in [7, 11) is 0. The molecule has 18 heavy (non-hydrogen) atoms. The monoisotopic (exact) mass is 254 g/mol. The van der Waals surface area contributed by atoms with Crippen molar-refractivity contribution in [3.63, 3.8) is 0 Å².